The average Bonchev–Trinajstić information content (AvgIpc) is 2.70. The summed E-state index contributed by atoms with van der Waals surface area (Å²) in [6, 6.07) is 12.2. The first-order valence-electron chi connectivity index (χ1n) is 9.08. The first-order chi connectivity index (χ1) is 13.4. The van der Waals surface area contributed by atoms with Crippen LogP contribution in [-0.4, -0.2) is 38.0 Å². The molecule has 1 aliphatic heterocycles. The molecule has 1 aliphatic rings. The Morgan fingerprint density at radius 3 is 2.46 bits per heavy atom. The third-order valence-electron chi connectivity index (χ3n) is 5.15. The zero-order valence-electron chi connectivity index (χ0n) is 16.3. The monoisotopic (exact) mass is 383 g/mol. The number of piperidine rings is 1. The topological polar surface area (TPSA) is 93.9 Å². The van der Waals surface area contributed by atoms with E-state index in [0.29, 0.717) is 30.0 Å². The number of methoxy groups -OCH3 is 2. The molecule has 2 atom stereocenters. The Morgan fingerprint density at radius 1 is 1.14 bits per heavy atom. The highest BCUT2D eigenvalue weighted by Crippen LogP contribution is 2.37. The molecular weight excluding hydrogens is 358 g/mol. The number of carbonyl (C=O) groups excluding carboxylic acids is 2. The summed E-state index contributed by atoms with van der Waals surface area (Å²) in [5, 5.41) is 2.92. The minimum Gasteiger partial charge on any atom is -0.497 e. The van der Waals surface area contributed by atoms with Gasteiger partial charge in [0.25, 0.3) is 0 Å². The Morgan fingerprint density at radius 2 is 1.86 bits per heavy atom. The van der Waals surface area contributed by atoms with Crippen LogP contribution in [0.4, 0.5) is 11.4 Å². The van der Waals surface area contributed by atoms with Crippen molar-refractivity contribution < 1.29 is 19.1 Å². The zero-order valence-corrected chi connectivity index (χ0v) is 16.3. The van der Waals surface area contributed by atoms with Gasteiger partial charge in [-0.2, -0.15) is 0 Å². The highest BCUT2D eigenvalue weighted by atomic mass is 16.5. The Bertz CT molecular complexity index is 866. The molecule has 0 radical (unpaired) electrons. The third-order valence-corrected chi connectivity index (χ3v) is 5.15. The molecule has 3 N–H and O–H groups in total. The number of nitrogens with one attached hydrogen (secondary N) is 1. The van der Waals surface area contributed by atoms with Gasteiger partial charge < -0.3 is 25.4 Å². The van der Waals surface area contributed by atoms with E-state index >= 15 is 0 Å². The van der Waals surface area contributed by atoms with Crippen molar-refractivity contribution >= 4 is 23.2 Å². The summed E-state index contributed by atoms with van der Waals surface area (Å²) in [6.45, 7) is 0. The van der Waals surface area contributed by atoms with Crippen molar-refractivity contribution in [2.45, 2.75) is 18.9 Å². The number of nitrogens with two attached hydrogens (primary N) is 1. The van der Waals surface area contributed by atoms with Gasteiger partial charge in [0.1, 0.15) is 11.5 Å². The number of benzene rings is 2. The van der Waals surface area contributed by atoms with E-state index < -0.39 is 0 Å². The lowest BCUT2D eigenvalue weighted by atomic mass is 9.84. The lowest BCUT2D eigenvalue weighted by molar-refractivity contribution is -0.140. The molecule has 0 bridgehead atoms. The predicted octanol–water partition coefficient (Wildman–Crippen LogP) is 2.83. The number of anilines is 2. The minimum atomic E-state index is -0.376. The molecule has 1 heterocycles. The van der Waals surface area contributed by atoms with E-state index in [-0.39, 0.29) is 23.8 Å². The van der Waals surface area contributed by atoms with Crippen molar-refractivity contribution in [3.8, 4) is 11.5 Å². The fourth-order valence-electron chi connectivity index (χ4n) is 3.62. The van der Waals surface area contributed by atoms with Crippen molar-refractivity contribution in [1.29, 1.82) is 0 Å². The number of rotatable bonds is 5. The smallest absolute Gasteiger partial charge is 0.229 e. The first kappa shape index (κ1) is 19.5. The van der Waals surface area contributed by atoms with Gasteiger partial charge in [0.05, 0.1) is 31.9 Å². The maximum absolute atomic E-state index is 13.0. The quantitative estimate of drug-likeness (QED) is 0.775. The van der Waals surface area contributed by atoms with Crippen LogP contribution in [0.3, 0.4) is 0 Å². The van der Waals surface area contributed by atoms with Gasteiger partial charge in [0.2, 0.25) is 11.8 Å². The normalized spacial score (nSPS) is 19.2. The van der Waals surface area contributed by atoms with Gasteiger partial charge in [0, 0.05) is 19.2 Å². The van der Waals surface area contributed by atoms with Crippen molar-refractivity contribution in [1.82, 2.24) is 4.90 Å². The fraction of sp³-hybridized carbons (Fsp3) is 0.333. The summed E-state index contributed by atoms with van der Waals surface area (Å²) in [4.78, 5) is 27.0. The Hall–Kier alpha value is -3.22. The zero-order chi connectivity index (χ0) is 20.3. The predicted molar refractivity (Wildman–Crippen MR) is 107 cm³/mol. The van der Waals surface area contributed by atoms with Crippen LogP contribution in [0.25, 0.3) is 0 Å². The molecular formula is C21H25N3O4. The van der Waals surface area contributed by atoms with Crippen LogP contribution in [-0.2, 0) is 9.59 Å². The number of hydrogen-bond acceptors (Lipinski definition) is 5. The Balaban J connectivity index is 1.85. The van der Waals surface area contributed by atoms with Gasteiger partial charge in [-0.1, -0.05) is 12.1 Å². The van der Waals surface area contributed by atoms with Gasteiger partial charge >= 0.3 is 0 Å². The van der Waals surface area contributed by atoms with Gasteiger partial charge in [-0.25, -0.2) is 0 Å². The van der Waals surface area contributed by atoms with E-state index in [4.69, 9.17) is 15.2 Å². The van der Waals surface area contributed by atoms with Crippen LogP contribution in [0.15, 0.2) is 42.5 Å². The van der Waals surface area contributed by atoms with E-state index in [0.717, 1.165) is 11.3 Å². The van der Waals surface area contributed by atoms with E-state index in [1.165, 1.54) is 7.11 Å². The first-order valence-corrected chi connectivity index (χ1v) is 9.08. The molecule has 0 spiro atoms. The Kier molecular flexibility index (Phi) is 5.73. The molecule has 2 unspecified atom stereocenters. The maximum atomic E-state index is 13.0. The number of hydrogen-bond donors (Lipinski definition) is 2. The van der Waals surface area contributed by atoms with Gasteiger partial charge in [-0.15, -0.1) is 0 Å². The lowest BCUT2D eigenvalue weighted by Crippen LogP contribution is -2.44. The maximum Gasteiger partial charge on any atom is 0.229 e. The number of nitrogens with zero attached hydrogens (tertiary/aromatic N) is 1. The molecule has 7 nitrogen and oxygen atoms in total. The molecule has 0 saturated carbocycles. The summed E-state index contributed by atoms with van der Waals surface area (Å²) in [6.07, 6.45) is 0.823. The molecule has 28 heavy (non-hydrogen) atoms. The molecule has 2 aromatic rings. The van der Waals surface area contributed by atoms with Crippen molar-refractivity contribution in [3.05, 3.63) is 48.0 Å². The van der Waals surface area contributed by atoms with Gasteiger partial charge in [-0.3, -0.25) is 9.59 Å². The third kappa shape index (κ3) is 3.88. The number of ether oxygens (including phenoxy) is 2. The molecule has 0 aromatic heterocycles. The minimum absolute atomic E-state index is 0.0264. The van der Waals surface area contributed by atoms with Crippen LogP contribution in [0.5, 0.6) is 11.5 Å². The molecule has 2 aromatic carbocycles. The number of amides is 2. The van der Waals surface area contributed by atoms with Crippen molar-refractivity contribution in [2.75, 3.05) is 32.3 Å². The van der Waals surface area contributed by atoms with Gasteiger partial charge in [0.15, 0.2) is 0 Å². The summed E-state index contributed by atoms with van der Waals surface area (Å²) in [7, 11) is 4.88. The van der Waals surface area contributed by atoms with E-state index in [1.54, 1.807) is 37.3 Å². The number of likely N-dealkylation sites (tertiary alicyclic amines) is 1. The van der Waals surface area contributed by atoms with Gasteiger partial charge in [-0.05, 0) is 42.3 Å². The van der Waals surface area contributed by atoms with E-state index in [2.05, 4.69) is 5.32 Å². The second kappa shape index (κ2) is 8.21. The summed E-state index contributed by atoms with van der Waals surface area (Å²) < 4.78 is 10.4. The second-order valence-electron chi connectivity index (χ2n) is 6.81. The number of nitrogen functional groups attached to an aromatic ring is 1. The van der Waals surface area contributed by atoms with Crippen molar-refractivity contribution in [3.63, 3.8) is 0 Å². The number of carbonyl (C=O) groups is 2. The summed E-state index contributed by atoms with van der Waals surface area (Å²) in [5.74, 6) is 0.781. The molecule has 2 amide bonds. The van der Waals surface area contributed by atoms with Crippen LogP contribution in [0.2, 0.25) is 0 Å². The standard InChI is InChI=1S/C21H25N3O4/c1-24-19(25)11-9-16(20(24)13-4-7-15(27-2)8-5-13)21(26)23-14-6-10-18(28-3)17(22)12-14/h4-8,10,12,16,20H,9,11,22H2,1-3H3,(H,23,26). The molecule has 3 rings (SSSR count). The highest BCUT2D eigenvalue weighted by Gasteiger charge is 2.38. The fourth-order valence-corrected chi connectivity index (χ4v) is 3.62. The average molecular weight is 383 g/mol. The lowest BCUT2D eigenvalue weighted by Gasteiger charge is -2.38. The second-order valence-corrected chi connectivity index (χ2v) is 6.81. The highest BCUT2D eigenvalue weighted by molar-refractivity contribution is 5.95. The van der Waals surface area contributed by atoms with Crippen molar-refractivity contribution in [2.24, 2.45) is 5.92 Å². The molecule has 0 aliphatic carbocycles. The molecule has 7 heteroatoms. The molecule has 1 fully saturated rings. The van der Waals surface area contributed by atoms with Crippen LogP contribution >= 0.6 is 0 Å². The molecule has 148 valence electrons. The SMILES string of the molecule is COc1ccc(C2C(C(=O)Nc3ccc(OC)c(N)c3)CCC(=O)N2C)cc1. The van der Waals surface area contributed by atoms with Crippen LogP contribution < -0.4 is 20.5 Å². The van der Waals surface area contributed by atoms with Crippen LogP contribution in [0, 0.1) is 5.92 Å². The Labute approximate surface area is 164 Å². The molecule has 1 saturated heterocycles. The summed E-state index contributed by atoms with van der Waals surface area (Å²) in [5.41, 5.74) is 7.87. The van der Waals surface area contributed by atoms with E-state index in [9.17, 15) is 9.59 Å². The largest absolute Gasteiger partial charge is 0.497 e. The van der Waals surface area contributed by atoms with Crippen LogP contribution in [0.1, 0.15) is 24.4 Å². The van der Waals surface area contributed by atoms with E-state index in [1.807, 2.05) is 24.3 Å². The summed E-state index contributed by atoms with van der Waals surface area (Å²) >= 11 is 0.